The van der Waals surface area contributed by atoms with E-state index in [0.29, 0.717) is 5.69 Å². The van der Waals surface area contributed by atoms with Gasteiger partial charge >= 0.3 is 0 Å². The van der Waals surface area contributed by atoms with Gasteiger partial charge in [0.15, 0.2) is 5.69 Å². The van der Waals surface area contributed by atoms with Crippen LogP contribution in [0, 0.1) is 0 Å². The third-order valence-electron chi connectivity index (χ3n) is 4.91. The van der Waals surface area contributed by atoms with E-state index in [9.17, 15) is 4.79 Å². The maximum absolute atomic E-state index is 13.0. The summed E-state index contributed by atoms with van der Waals surface area (Å²) >= 11 is 0. The van der Waals surface area contributed by atoms with Crippen molar-refractivity contribution in [2.24, 2.45) is 0 Å². The first-order chi connectivity index (χ1) is 12.2. The molecule has 0 spiro atoms. The van der Waals surface area contributed by atoms with E-state index in [2.05, 4.69) is 20.1 Å². The van der Waals surface area contributed by atoms with E-state index in [1.54, 1.807) is 0 Å². The molecule has 1 atom stereocenters. The number of pyridine rings is 1. The lowest BCUT2D eigenvalue weighted by atomic mass is 10.0. The van der Waals surface area contributed by atoms with Crippen molar-refractivity contribution >= 4 is 22.6 Å². The van der Waals surface area contributed by atoms with Gasteiger partial charge in [-0.15, -0.1) is 0 Å². The fourth-order valence-corrected chi connectivity index (χ4v) is 3.48. The van der Waals surface area contributed by atoms with Crippen molar-refractivity contribution < 1.29 is 4.79 Å². The van der Waals surface area contributed by atoms with E-state index in [-0.39, 0.29) is 11.9 Å². The summed E-state index contributed by atoms with van der Waals surface area (Å²) in [5.74, 6) is 0.934. The summed E-state index contributed by atoms with van der Waals surface area (Å²) in [7, 11) is 1.87. The number of anilines is 1. The normalized spacial score (nSPS) is 17.6. The van der Waals surface area contributed by atoms with Crippen LogP contribution in [0.15, 0.2) is 48.7 Å². The van der Waals surface area contributed by atoms with Gasteiger partial charge < -0.3 is 9.80 Å². The molecule has 0 radical (unpaired) electrons. The molecule has 1 unspecified atom stereocenters. The summed E-state index contributed by atoms with van der Waals surface area (Å²) in [6.45, 7) is 1.77. The van der Waals surface area contributed by atoms with Crippen molar-refractivity contribution in [2.45, 2.75) is 18.9 Å². The Labute approximate surface area is 146 Å². The summed E-state index contributed by atoms with van der Waals surface area (Å²) < 4.78 is 0. The number of nitrogens with zero attached hydrogens (tertiary/aromatic N) is 4. The SMILES string of the molecule is CN(C(=O)c1n[nH]c2ccccc12)C1CCCN(c2ccccn2)C1. The number of benzene rings is 1. The fraction of sp³-hybridized carbons (Fsp3) is 0.316. The van der Waals surface area contributed by atoms with Gasteiger partial charge in [-0.3, -0.25) is 9.89 Å². The van der Waals surface area contributed by atoms with Gasteiger partial charge in [-0.1, -0.05) is 24.3 Å². The van der Waals surface area contributed by atoms with Crippen LogP contribution in [-0.2, 0) is 0 Å². The number of hydrogen-bond donors (Lipinski definition) is 1. The topological polar surface area (TPSA) is 65.1 Å². The number of carbonyl (C=O) groups is 1. The fourth-order valence-electron chi connectivity index (χ4n) is 3.48. The quantitative estimate of drug-likeness (QED) is 0.799. The predicted molar refractivity (Wildman–Crippen MR) is 97.7 cm³/mol. The van der Waals surface area contributed by atoms with Gasteiger partial charge in [0, 0.05) is 37.8 Å². The van der Waals surface area contributed by atoms with Gasteiger partial charge in [-0.05, 0) is 31.0 Å². The average Bonchev–Trinajstić information content (AvgIpc) is 3.12. The van der Waals surface area contributed by atoms with E-state index in [4.69, 9.17) is 0 Å². The van der Waals surface area contributed by atoms with Crippen molar-refractivity contribution in [2.75, 3.05) is 25.0 Å². The Morgan fingerprint density at radius 1 is 1.24 bits per heavy atom. The first kappa shape index (κ1) is 15.6. The molecule has 1 aliphatic rings. The predicted octanol–water partition coefficient (Wildman–Crippen LogP) is 2.70. The van der Waals surface area contributed by atoms with Crippen LogP contribution in [0.3, 0.4) is 0 Å². The largest absolute Gasteiger partial charge is 0.355 e. The van der Waals surface area contributed by atoms with Gasteiger partial charge in [0.1, 0.15) is 5.82 Å². The third-order valence-corrected chi connectivity index (χ3v) is 4.91. The van der Waals surface area contributed by atoms with E-state index in [1.807, 2.05) is 60.6 Å². The zero-order valence-electron chi connectivity index (χ0n) is 14.2. The van der Waals surface area contributed by atoms with Crippen LogP contribution in [0.5, 0.6) is 0 Å². The van der Waals surface area contributed by atoms with Crippen molar-refractivity contribution in [1.29, 1.82) is 0 Å². The highest BCUT2D eigenvalue weighted by atomic mass is 16.2. The molecule has 0 bridgehead atoms. The number of H-pyrrole nitrogens is 1. The lowest BCUT2D eigenvalue weighted by Gasteiger charge is -2.38. The summed E-state index contributed by atoms with van der Waals surface area (Å²) in [5.41, 5.74) is 1.38. The Hall–Kier alpha value is -2.89. The molecule has 0 aliphatic carbocycles. The first-order valence-corrected chi connectivity index (χ1v) is 8.60. The molecule has 6 nitrogen and oxygen atoms in total. The zero-order chi connectivity index (χ0) is 17.2. The first-order valence-electron chi connectivity index (χ1n) is 8.60. The van der Waals surface area contributed by atoms with Crippen LogP contribution >= 0.6 is 0 Å². The molecule has 4 rings (SSSR count). The smallest absolute Gasteiger partial charge is 0.275 e. The molecule has 1 amide bonds. The van der Waals surface area contributed by atoms with Crippen LogP contribution in [0.4, 0.5) is 5.82 Å². The molecule has 3 aromatic rings. The number of para-hydroxylation sites is 1. The van der Waals surface area contributed by atoms with Crippen LogP contribution < -0.4 is 4.90 Å². The van der Waals surface area contributed by atoms with Crippen molar-refractivity contribution in [3.05, 3.63) is 54.4 Å². The molecule has 25 heavy (non-hydrogen) atoms. The van der Waals surface area contributed by atoms with Crippen molar-refractivity contribution in [3.63, 3.8) is 0 Å². The third kappa shape index (κ3) is 2.95. The number of fused-ring (bicyclic) bond motifs is 1. The van der Waals surface area contributed by atoms with Gasteiger partial charge in [0.25, 0.3) is 5.91 Å². The highest BCUT2D eigenvalue weighted by Gasteiger charge is 2.29. The van der Waals surface area contributed by atoms with Gasteiger partial charge in [0.05, 0.1) is 5.52 Å². The summed E-state index contributed by atoms with van der Waals surface area (Å²) in [6, 6.07) is 13.8. The molecule has 1 aliphatic heterocycles. The molecule has 1 saturated heterocycles. The standard InChI is InChI=1S/C19H21N5O/c1-23(19(25)18-15-8-2-3-9-16(15)21-22-18)14-7-6-12-24(13-14)17-10-4-5-11-20-17/h2-5,8-11,14H,6-7,12-13H2,1H3,(H,21,22). The molecule has 1 N–H and O–H groups in total. The van der Waals surface area contributed by atoms with Gasteiger partial charge in [0.2, 0.25) is 0 Å². The number of hydrogen-bond acceptors (Lipinski definition) is 4. The van der Waals surface area contributed by atoms with Crippen LogP contribution in [-0.4, -0.2) is 52.2 Å². The number of nitrogens with one attached hydrogen (secondary N) is 1. The summed E-state index contributed by atoms with van der Waals surface area (Å²) in [4.78, 5) is 21.5. The number of rotatable bonds is 3. The number of aromatic amines is 1. The second-order valence-corrected chi connectivity index (χ2v) is 6.46. The molecule has 1 aromatic carbocycles. The lowest BCUT2D eigenvalue weighted by molar-refractivity contribution is 0.0713. The maximum Gasteiger partial charge on any atom is 0.275 e. The number of aromatic nitrogens is 3. The monoisotopic (exact) mass is 335 g/mol. The van der Waals surface area contributed by atoms with Crippen molar-refractivity contribution in [3.8, 4) is 0 Å². The van der Waals surface area contributed by atoms with E-state index >= 15 is 0 Å². The minimum Gasteiger partial charge on any atom is -0.355 e. The molecule has 128 valence electrons. The van der Waals surface area contributed by atoms with Gasteiger partial charge in [-0.25, -0.2) is 4.98 Å². The molecule has 2 aromatic heterocycles. The number of amides is 1. The molecular formula is C19H21N5O. The Morgan fingerprint density at radius 3 is 2.92 bits per heavy atom. The van der Waals surface area contributed by atoms with Crippen LogP contribution in [0.25, 0.3) is 10.9 Å². The van der Waals surface area contributed by atoms with Crippen molar-refractivity contribution in [1.82, 2.24) is 20.1 Å². The number of likely N-dealkylation sites (N-methyl/N-ethyl adjacent to an activating group) is 1. The lowest BCUT2D eigenvalue weighted by Crippen LogP contribution is -2.49. The molecule has 6 heteroatoms. The maximum atomic E-state index is 13.0. The highest BCUT2D eigenvalue weighted by molar-refractivity contribution is 6.04. The van der Waals surface area contributed by atoms with E-state index < -0.39 is 0 Å². The Morgan fingerprint density at radius 2 is 2.08 bits per heavy atom. The van der Waals surface area contributed by atoms with Crippen LogP contribution in [0.1, 0.15) is 23.3 Å². The van der Waals surface area contributed by atoms with Gasteiger partial charge in [-0.2, -0.15) is 5.10 Å². The minimum absolute atomic E-state index is 0.0367. The van der Waals surface area contributed by atoms with E-state index in [0.717, 1.165) is 42.7 Å². The Kier molecular flexibility index (Phi) is 4.09. The Balaban J connectivity index is 1.53. The summed E-state index contributed by atoms with van der Waals surface area (Å²) in [6.07, 6.45) is 3.85. The second kappa shape index (κ2) is 6.55. The molecule has 1 fully saturated rings. The Bertz CT molecular complexity index is 876. The number of piperidine rings is 1. The highest BCUT2D eigenvalue weighted by Crippen LogP contribution is 2.23. The molecular weight excluding hydrogens is 314 g/mol. The molecule has 0 saturated carbocycles. The summed E-state index contributed by atoms with van der Waals surface area (Å²) in [5, 5.41) is 8.06. The van der Waals surface area contributed by atoms with Crippen LogP contribution in [0.2, 0.25) is 0 Å². The average molecular weight is 335 g/mol. The zero-order valence-corrected chi connectivity index (χ0v) is 14.2. The number of carbonyl (C=O) groups excluding carboxylic acids is 1. The minimum atomic E-state index is -0.0367. The molecule has 3 heterocycles. The van der Waals surface area contributed by atoms with E-state index in [1.165, 1.54) is 0 Å². The second-order valence-electron chi connectivity index (χ2n) is 6.46.